The number of furan rings is 1. The summed E-state index contributed by atoms with van der Waals surface area (Å²) in [5.41, 5.74) is 2.67. The molecule has 1 saturated heterocycles. The van der Waals surface area contributed by atoms with E-state index in [1.807, 2.05) is 54.3 Å². The van der Waals surface area contributed by atoms with Gasteiger partial charge in [-0.1, -0.05) is 30.3 Å². The molecule has 1 N–H and O–H groups in total. The number of nitrogens with zero attached hydrogens (tertiary/aromatic N) is 2. The second kappa shape index (κ2) is 8.75. The fraction of sp³-hybridized carbons (Fsp3) is 0.269. The molecule has 0 saturated carbocycles. The molecule has 0 unspecified atom stereocenters. The van der Waals surface area contributed by atoms with Gasteiger partial charge < -0.3 is 19.4 Å². The number of anilines is 2. The first-order chi connectivity index (χ1) is 16.0. The topological polar surface area (TPSA) is 58.0 Å². The van der Waals surface area contributed by atoms with Crippen molar-refractivity contribution in [3.8, 4) is 5.75 Å². The van der Waals surface area contributed by atoms with Crippen LogP contribution >= 0.6 is 0 Å². The summed E-state index contributed by atoms with van der Waals surface area (Å²) in [5, 5.41) is 4.95. The van der Waals surface area contributed by atoms with Crippen molar-refractivity contribution < 1.29 is 18.3 Å². The summed E-state index contributed by atoms with van der Waals surface area (Å²) in [6, 6.07) is 18.0. The largest absolute Gasteiger partial charge is 0.495 e. The van der Waals surface area contributed by atoms with Crippen LogP contribution < -0.4 is 15.0 Å². The van der Waals surface area contributed by atoms with Crippen LogP contribution in [0.5, 0.6) is 5.75 Å². The zero-order chi connectivity index (χ0) is 22.9. The Hall–Kier alpha value is -3.58. The van der Waals surface area contributed by atoms with E-state index in [0.717, 1.165) is 16.4 Å². The molecule has 33 heavy (non-hydrogen) atoms. The van der Waals surface area contributed by atoms with Crippen molar-refractivity contribution in [1.29, 1.82) is 0 Å². The number of benzene rings is 3. The lowest BCUT2D eigenvalue weighted by Gasteiger charge is -2.38. The molecule has 0 radical (unpaired) electrons. The van der Waals surface area contributed by atoms with Crippen LogP contribution in [0.2, 0.25) is 0 Å². The van der Waals surface area contributed by atoms with Crippen LogP contribution in [0.15, 0.2) is 65.1 Å². The first kappa shape index (κ1) is 21.3. The highest BCUT2D eigenvalue weighted by Crippen LogP contribution is 2.36. The van der Waals surface area contributed by atoms with Crippen molar-refractivity contribution in [2.45, 2.75) is 13.0 Å². The van der Waals surface area contributed by atoms with Crippen molar-refractivity contribution in [2.24, 2.45) is 0 Å². The Kier molecular flexibility index (Phi) is 5.64. The Bertz CT molecular complexity index is 1310. The van der Waals surface area contributed by atoms with E-state index in [-0.39, 0.29) is 17.8 Å². The minimum atomic E-state index is -0.344. The molecule has 5 rings (SSSR count). The van der Waals surface area contributed by atoms with Crippen LogP contribution in [0.4, 0.5) is 15.8 Å². The summed E-state index contributed by atoms with van der Waals surface area (Å²) in [6.07, 6.45) is 0. The Morgan fingerprint density at radius 2 is 1.73 bits per heavy atom. The molecule has 1 aliphatic rings. The van der Waals surface area contributed by atoms with Gasteiger partial charge in [0.1, 0.15) is 22.7 Å². The molecule has 4 aromatic rings. The van der Waals surface area contributed by atoms with Gasteiger partial charge in [-0.3, -0.25) is 9.69 Å². The number of carbonyl (C=O) groups excluding carboxylic acids is 1. The predicted octanol–water partition coefficient (Wildman–Crippen LogP) is 4.88. The third kappa shape index (κ3) is 4.00. The molecule has 1 aliphatic heterocycles. The average molecular weight is 448 g/mol. The van der Waals surface area contributed by atoms with Gasteiger partial charge in [-0.2, -0.15) is 0 Å². The number of fused-ring (bicyclic) bond motifs is 3. The van der Waals surface area contributed by atoms with Crippen LogP contribution in [0, 0.1) is 5.82 Å². The lowest BCUT2D eigenvalue weighted by molar-refractivity contribution is -0.120. The smallest absolute Gasteiger partial charge is 0.241 e. The highest BCUT2D eigenvalue weighted by Gasteiger charge is 2.27. The van der Waals surface area contributed by atoms with E-state index < -0.39 is 0 Å². The molecule has 0 bridgehead atoms. The maximum absolute atomic E-state index is 14.1. The summed E-state index contributed by atoms with van der Waals surface area (Å²) in [7, 11) is 1.59. The normalized spacial score (nSPS) is 15.7. The highest BCUT2D eigenvalue weighted by molar-refractivity contribution is 6.08. The molecule has 3 aromatic carbocycles. The molecule has 1 amide bonds. The number of piperazine rings is 1. The number of halogens is 1. The van der Waals surface area contributed by atoms with Crippen molar-refractivity contribution in [3.05, 3.63) is 66.5 Å². The van der Waals surface area contributed by atoms with Crippen molar-refractivity contribution >= 4 is 39.2 Å². The lowest BCUT2D eigenvalue weighted by Crippen LogP contribution is -2.53. The average Bonchev–Trinajstić information content (AvgIpc) is 3.20. The number of hydrogen-bond donors (Lipinski definition) is 1. The maximum Gasteiger partial charge on any atom is 0.241 e. The number of carbonyl (C=O) groups is 1. The summed E-state index contributed by atoms with van der Waals surface area (Å²) in [6.45, 7) is 4.55. The van der Waals surface area contributed by atoms with E-state index in [1.54, 1.807) is 19.2 Å². The minimum absolute atomic E-state index is 0.122. The van der Waals surface area contributed by atoms with Crippen LogP contribution in [-0.4, -0.2) is 50.1 Å². The second-order valence-corrected chi connectivity index (χ2v) is 8.29. The van der Waals surface area contributed by atoms with Gasteiger partial charge in [0.25, 0.3) is 0 Å². The fourth-order valence-electron chi connectivity index (χ4n) is 4.48. The Morgan fingerprint density at radius 1 is 1.00 bits per heavy atom. The van der Waals surface area contributed by atoms with Gasteiger partial charge in [-0.15, -0.1) is 0 Å². The first-order valence-electron chi connectivity index (χ1n) is 11.1. The van der Waals surface area contributed by atoms with Gasteiger partial charge in [0.05, 0.1) is 24.5 Å². The van der Waals surface area contributed by atoms with E-state index in [1.165, 1.54) is 6.07 Å². The maximum atomic E-state index is 14.1. The van der Waals surface area contributed by atoms with E-state index >= 15 is 0 Å². The quantitative estimate of drug-likeness (QED) is 0.472. The number of rotatable bonds is 5. The number of amides is 1. The summed E-state index contributed by atoms with van der Waals surface area (Å²) >= 11 is 0. The molecular weight excluding hydrogens is 421 g/mol. The first-order valence-corrected chi connectivity index (χ1v) is 11.1. The third-order valence-electron chi connectivity index (χ3n) is 6.39. The van der Waals surface area contributed by atoms with Crippen LogP contribution in [0.25, 0.3) is 21.9 Å². The summed E-state index contributed by atoms with van der Waals surface area (Å²) < 4.78 is 25.6. The van der Waals surface area contributed by atoms with Gasteiger partial charge in [0.2, 0.25) is 5.91 Å². The van der Waals surface area contributed by atoms with Gasteiger partial charge in [0, 0.05) is 43.0 Å². The lowest BCUT2D eigenvalue weighted by atomic mass is 10.1. The van der Waals surface area contributed by atoms with E-state index in [0.29, 0.717) is 48.9 Å². The van der Waals surface area contributed by atoms with E-state index in [4.69, 9.17) is 9.15 Å². The molecular formula is C26H26FN3O3. The van der Waals surface area contributed by atoms with Crippen molar-refractivity contribution in [2.75, 3.05) is 43.5 Å². The van der Waals surface area contributed by atoms with E-state index in [2.05, 4.69) is 10.2 Å². The van der Waals surface area contributed by atoms with Gasteiger partial charge in [-0.05, 0) is 31.2 Å². The standard InChI is InChI=1S/C26H26FN3O3/c1-17(29-11-13-30(14-12-29)22-9-5-4-8-20(22)27)26(31)28-21-16-24-19(15-25(21)32-2)18-7-3-6-10-23(18)33-24/h3-10,15-17H,11-14H2,1-2H3,(H,28,31)/t17-/m0/s1. The Morgan fingerprint density at radius 3 is 2.48 bits per heavy atom. The number of hydrogen-bond acceptors (Lipinski definition) is 5. The molecule has 1 atom stereocenters. The summed E-state index contributed by atoms with van der Waals surface area (Å²) in [4.78, 5) is 17.2. The third-order valence-corrected chi connectivity index (χ3v) is 6.39. The number of para-hydroxylation sites is 2. The zero-order valence-corrected chi connectivity index (χ0v) is 18.7. The zero-order valence-electron chi connectivity index (χ0n) is 18.7. The number of methoxy groups -OCH3 is 1. The molecule has 170 valence electrons. The minimum Gasteiger partial charge on any atom is -0.495 e. The number of ether oxygens (including phenoxy) is 1. The molecule has 1 fully saturated rings. The van der Waals surface area contributed by atoms with Gasteiger partial charge >= 0.3 is 0 Å². The molecule has 2 heterocycles. The Balaban J connectivity index is 1.30. The van der Waals surface area contributed by atoms with Crippen LogP contribution in [-0.2, 0) is 4.79 Å². The van der Waals surface area contributed by atoms with Crippen molar-refractivity contribution in [3.63, 3.8) is 0 Å². The predicted molar refractivity (Wildman–Crippen MR) is 129 cm³/mol. The number of nitrogens with one attached hydrogen (secondary N) is 1. The van der Waals surface area contributed by atoms with Crippen LogP contribution in [0.3, 0.4) is 0 Å². The molecule has 6 nitrogen and oxygen atoms in total. The van der Waals surface area contributed by atoms with Crippen LogP contribution in [0.1, 0.15) is 6.92 Å². The summed E-state index contributed by atoms with van der Waals surface area (Å²) in [5.74, 6) is 0.242. The Labute approximate surface area is 191 Å². The van der Waals surface area contributed by atoms with Gasteiger partial charge in [0.15, 0.2) is 0 Å². The monoisotopic (exact) mass is 447 g/mol. The highest BCUT2D eigenvalue weighted by atomic mass is 19.1. The SMILES string of the molecule is COc1cc2c(cc1NC(=O)[C@H](C)N1CCN(c3ccccc3F)CC1)oc1ccccc12. The fourth-order valence-corrected chi connectivity index (χ4v) is 4.48. The molecule has 0 spiro atoms. The van der Waals surface area contributed by atoms with Crippen molar-refractivity contribution in [1.82, 2.24) is 4.90 Å². The molecule has 7 heteroatoms. The second-order valence-electron chi connectivity index (χ2n) is 8.29. The van der Waals surface area contributed by atoms with E-state index in [9.17, 15) is 9.18 Å². The molecule has 0 aliphatic carbocycles. The molecule has 1 aromatic heterocycles. The van der Waals surface area contributed by atoms with Gasteiger partial charge in [-0.25, -0.2) is 4.39 Å².